The van der Waals surface area contributed by atoms with E-state index in [0.717, 1.165) is 27.5 Å². The number of nitro groups is 1. The molecule has 2 rings (SSSR count). The zero-order valence-electron chi connectivity index (χ0n) is 10.5. The fourth-order valence-corrected chi connectivity index (χ4v) is 1.83. The number of rotatable bonds is 5. The third-order valence-corrected chi connectivity index (χ3v) is 3.12. The number of halogens is 1. The molecule has 20 heavy (non-hydrogen) atoms. The van der Waals surface area contributed by atoms with Crippen LogP contribution in [0.25, 0.3) is 6.08 Å². The Morgan fingerprint density at radius 3 is 2.35 bits per heavy atom. The summed E-state index contributed by atoms with van der Waals surface area (Å²) in [6.45, 7) is 0.483. The number of benzene rings is 2. The number of ether oxygens (including phenoxy) is 1. The number of hydrogen-bond acceptors (Lipinski definition) is 3. The topological polar surface area (TPSA) is 52.4 Å². The van der Waals surface area contributed by atoms with Gasteiger partial charge in [-0.1, -0.05) is 40.2 Å². The van der Waals surface area contributed by atoms with Gasteiger partial charge in [-0.2, -0.15) is 0 Å². The third kappa shape index (κ3) is 4.51. The van der Waals surface area contributed by atoms with E-state index >= 15 is 0 Å². The van der Waals surface area contributed by atoms with Gasteiger partial charge >= 0.3 is 0 Å². The van der Waals surface area contributed by atoms with E-state index in [0.29, 0.717) is 6.61 Å². The summed E-state index contributed by atoms with van der Waals surface area (Å²) in [6, 6.07) is 15.0. The molecule has 0 spiro atoms. The lowest BCUT2D eigenvalue weighted by atomic mass is 10.2. The van der Waals surface area contributed by atoms with Crippen LogP contribution < -0.4 is 4.74 Å². The quantitative estimate of drug-likeness (QED) is 0.606. The van der Waals surface area contributed by atoms with Gasteiger partial charge in [0.1, 0.15) is 12.4 Å². The Balaban J connectivity index is 1.93. The van der Waals surface area contributed by atoms with Gasteiger partial charge in [0.25, 0.3) is 0 Å². The van der Waals surface area contributed by atoms with E-state index in [4.69, 9.17) is 4.74 Å². The molecule has 0 radical (unpaired) electrons. The highest BCUT2D eigenvalue weighted by Crippen LogP contribution is 2.16. The second-order valence-electron chi connectivity index (χ2n) is 4.09. The van der Waals surface area contributed by atoms with Crippen LogP contribution in [0.4, 0.5) is 0 Å². The predicted octanol–water partition coefficient (Wildman–Crippen LogP) is 4.28. The lowest BCUT2D eigenvalue weighted by molar-refractivity contribution is -0.400. The Morgan fingerprint density at radius 2 is 1.75 bits per heavy atom. The zero-order valence-corrected chi connectivity index (χ0v) is 12.1. The van der Waals surface area contributed by atoms with Crippen LogP contribution >= 0.6 is 15.9 Å². The summed E-state index contributed by atoms with van der Waals surface area (Å²) in [5.74, 6) is 0.728. The van der Waals surface area contributed by atoms with Gasteiger partial charge in [-0.05, 0) is 35.4 Å². The molecule has 0 fully saturated rings. The Kier molecular flexibility index (Phi) is 4.90. The van der Waals surface area contributed by atoms with Crippen molar-refractivity contribution in [3.05, 3.63) is 80.4 Å². The van der Waals surface area contributed by atoms with Gasteiger partial charge in [-0.15, -0.1) is 0 Å². The van der Waals surface area contributed by atoms with Crippen molar-refractivity contribution in [2.75, 3.05) is 0 Å². The standard InChI is InChI=1S/C15H12BrNO3/c16-14-5-1-13(2-6-14)11-20-15-7-3-12(4-8-15)9-10-17(18)19/h1-10H,11H2/b10-9+. The second-order valence-corrected chi connectivity index (χ2v) is 5.00. The zero-order chi connectivity index (χ0) is 14.4. The first kappa shape index (κ1) is 14.3. The molecular weight excluding hydrogens is 322 g/mol. The van der Waals surface area contributed by atoms with Gasteiger partial charge in [-0.3, -0.25) is 10.1 Å². The van der Waals surface area contributed by atoms with E-state index in [-0.39, 0.29) is 0 Å². The lowest BCUT2D eigenvalue weighted by Crippen LogP contribution is -1.94. The summed E-state index contributed by atoms with van der Waals surface area (Å²) in [6.07, 6.45) is 2.36. The van der Waals surface area contributed by atoms with Crippen LogP contribution in [0.3, 0.4) is 0 Å². The molecule has 0 aromatic heterocycles. The fraction of sp³-hybridized carbons (Fsp3) is 0.0667. The van der Waals surface area contributed by atoms with Crippen molar-refractivity contribution in [3.63, 3.8) is 0 Å². The van der Waals surface area contributed by atoms with Crippen LogP contribution in [-0.2, 0) is 6.61 Å². The van der Waals surface area contributed by atoms with Crippen molar-refractivity contribution in [3.8, 4) is 5.75 Å². The molecule has 5 heteroatoms. The minimum atomic E-state index is -0.488. The molecule has 0 atom stereocenters. The first-order valence-electron chi connectivity index (χ1n) is 5.92. The Hall–Kier alpha value is -2.14. The summed E-state index contributed by atoms with van der Waals surface area (Å²) >= 11 is 3.38. The normalized spacial score (nSPS) is 10.7. The van der Waals surface area contributed by atoms with Crippen LogP contribution in [0.1, 0.15) is 11.1 Å². The monoisotopic (exact) mass is 333 g/mol. The highest BCUT2D eigenvalue weighted by molar-refractivity contribution is 9.10. The van der Waals surface area contributed by atoms with Crippen molar-refractivity contribution >= 4 is 22.0 Å². The summed E-state index contributed by atoms with van der Waals surface area (Å²) in [4.78, 5) is 9.73. The molecule has 102 valence electrons. The highest BCUT2D eigenvalue weighted by atomic mass is 79.9. The molecule has 0 aliphatic rings. The molecule has 0 heterocycles. The molecular formula is C15H12BrNO3. The number of hydrogen-bond donors (Lipinski definition) is 0. The van der Waals surface area contributed by atoms with Gasteiger partial charge in [0.05, 0.1) is 4.92 Å². The average Bonchev–Trinajstić information content (AvgIpc) is 2.45. The largest absolute Gasteiger partial charge is 0.489 e. The Bertz CT molecular complexity index is 606. The lowest BCUT2D eigenvalue weighted by Gasteiger charge is -2.06. The first-order valence-corrected chi connectivity index (χ1v) is 6.72. The molecule has 0 saturated carbocycles. The summed E-state index contributed by atoms with van der Waals surface area (Å²) in [5, 5.41) is 10.2. The van der Waals surface area contributed by atoms with Gasteiger partial charge in [0.15, 0.2) is 0 Å². The minimum absolute atomic E-state index is 0.483. The molecule has 0 unspecified atom stereocenters. The molecule has 2 aromatic carbocycles. The maximum atomic E-state index is 10.2. The van der Waals surface area contributed by atoms with Crippen molar-refractivity contribution in [1.29, 1.82) is 0 Å². The van der Waals surface area contributed by atoms with E-state index in [1.54, 1.807) is 24.3 Å². The maximum Gasteiger partial charge on any atom is 0.235 e. The van der Waals surface area contributed by atoms with Gasteiger partial charge in [0, 0.05) is 10.5 Å². The number of nitrogens with zero attached hydrogens (tertiary/aromatic N) is 1. The van der Waals surface area contributed by atoms with Crippen molar-refractivity contribution < 1.29 is 9.66 Å². The molecule has 0 N–H and O–H groups in total. The molecule has 0 aliphatic carbocycles. The van der Waals surface area contributed by atoms with Gasteiger partial charge in [0.2, 0.25) is 6.20 Å². The predicted molar refractivity (Wildman–Crippen MR) is 80.9 cm³/mol. The van der Waals surface area contributed by atoms with E-state index in [2.05, 4.69) is 15.9 Å². The van der Waals surface area contributed by atoms with Gasteiger partial charge in [-0.25, -0.2) is 0 Å². The summed E-state index contributed by atoms with van der Waals surface area (Å²) in [5.41, 5.74) is 1.84. The van der Waals surface area contributed by atoms with Gasteiger partial charge < -0.3 is 4.74 Å². The van der Waals surface area contributed by atoms with Crippen molar-refractivity contribution in [2.24, 2.45) is 0 Å². The molecule has 4 nitrogen and oxygen atoms in total. The van der Waals surface area contributed by atoms with Crippen LogP contribution in [0.15, 0.2) is 59.2 Å². The smallest absolute Gasteiger partial charge is 0.235 e. The first-order chi connectivity index (χ1) is 9.63. The third-order valence-electron chi connectivity index (χ3n) is 2.59. The van der Waals surface area contributed by atoms with Crippen LogP contribution in [0.2, 0.25) is 0 Å². The molecule has 0 bridgehead atoms. The fourth-order valence-electron chi connectivity index (χ4n) is 1.57. The molecule has 0 saturated heterocycles. The van der Waals surface area contributed by atoms with Crippen molar-refractivity contribution in [2.45, 2.75) is 6.61 Å². The van der Waals surface area contributed by atoms with Crippen LogP contribution in [0.5, 0.6) is 5.75 Å². The summed E-state index contributed by atoms with van der Waals surface area (Å²) < 4.78 is 6.67. The molecule has 2 aromatic rings. The highest BCUT2D eigenvalue weighted by Gasteiger charge is 1.97. The van der Waals surface area contributed by atoms with E-state index in [1.165, 1.54) is 6.08 Å². The second kappa shape index (κ2) is 6.86. The van der Waals surface area contributed by atoms with Crippen LogP contribution in [0, 0.1) is 10.1 Å². The Morgan fingerprint density at radius 1 is 1.10 bits per heavy atom. The van der Waals surface area contributed by atoms with E-state index in [1.807, 2.05) is 24.3 Å². The summed E-state index contributed by atoms with van der Waals surface area (Å²) in [7, 11) is 0. The van der Waals surface area contributed by atoms with Crippen molar-refractivity contribution in [1.82, 2.24) is 0 Å². The Labute approximate surface area is 125 Å². The average molecular weight is 334 g/mol. The molecule has 0 amide bonds. The minimum Gasteiger partial charge on any atom is -0.489 e. The van der Waals surface area contributed by atoms with E-state index < -0.39 is 4.92 Å². The molecule has 0 aliphatic heterocycles. The van der Waals surface area contributed by atoms with E-state index in [9.17, 15) is 10.1 Å². The van der Waals surface area contributed by atoms with Crippen LogP contribution in [-0.4, -0.2) is 4.92 Å². The maximum absolute atomic E-state index is 10.2. The SMILES string of the molecule is O=[N+]([O-])/C=C/c1ccc(OCc2ccc(Br)cc2)cc1.